The second-order valence-corrected chi connectivity index (χ2v) is 7.39. The zero-order valence-corrected chi connectivity index (χ0v) is 12.8. The number of rotatable bonds is 5. The average molecular weight is 312 g/mol. The molecule has 2 rings (SSSR count). The summed E-state index contributed by atoms with van der Waals surface area (Å²) in [5.74, 6) is 0. The van der Waals surface area contributed by atoms with Gasteiger partial charge in [0.1, 0.15) is 4.90 Å². The molecule has 116 valence electrons. The van der Waals surface area contributed by atoms with Crippen molar-refractivity contribution in [3.63, 3.8) is 0 Å². The van der Waals surface area contributed by atoms with Crippen molar-refractivity contribution in [2.24, 2.45) is 0 Å². The Morgan fingerprint density at radius 2 is 1.95 bits per heavy atom. The number of para-hydroxylation sites is 1. The summed E-state index contributed by atoms with van der Waals surface area (Å²) in [6.45, 7) is 2.62. The molecule has 1 aromatic carbocycles. The molecule has 0 saturated heterocycles. The first-order valence-corrected chi connectivity index (χ1v) is 8.73. The number of hydrogen-bond donors (Lipinski definition) is 1. The first-order chi connectivity index (χ1) is 9.98. The molecule has 0 bridgehead atoms. The summed E-state index contributed by atoms with van der Waals surface area (Å²) in [5, 5.41) is 13.7. The predicted octanol–water partition coefficient (Wildman–Crippen LogP) is 2.29. The van der Waals surface area contributed by atoms with Crippen molar-refractivity contribution >= 4 is 15.5 Å². The third kappa shape index (κ3) is 3.24. The molecule has 1 N–H and O–H groups in total. The number of benzene rings is 1. The van der Waals surface area contributed by atoms with E-state index < -0.39 is 20.0 Å². The Balaban J connectivity index is 2.43. The van der Waals surface area contributed by atoms with Gasteiger partial charge in [-0.3, -0.25) is 10.1 Å². The van der Waals surface area contributed by atoms with Gasteiger partial charge >= 0.3 is 0 Å². The van der Waals surface area contributed by atoms with Gasteiger partial charge in [-0.25, -0.2) is 8.42 Å². The summed E-state index contributed by atoms with van der Waals surface area (Å²) in [5.41, 5.74) is -0.335. The number of sulfone groups is 1. The molecule has 0 amide bonds. The quantitative estimate of drug-likeness (QED) is 0.665. The van der Waals surface area contributed by atoms with Crippen molar-refractivity contribution in [2.45, 2.75) is 48.8 Å². The molecule has 0 heterocycles. The Morgan fingerprint density at radius 1 is 1.29 bits per heavy atom. The van der Waals surface area contributed by atoms with E-state index in [-0.39, 0.29) is 16.6 Å². The zero-order chi connectivity index (χ0) is 15.5. The summed E-state index contributed by atoms with van der Waals surface area (Å²) in [7, 11) is -3.71. The van der Waals surface area contributed by atoms with Gasteiger partial charge in [0, 0.05) is 12.1 Å². The summed E-state index contributed by atoms with van der Waals surface area (Å²) in [6, 6.07) is 5.47. The van der Waals surface area contributed by atoms with Crippen LogP contribution in [0.25, 0.3) is 0 Å². The zero-order valence-electron chi connectivity index (χ0n) is 12.0. The first-order valence-electron chi connectivity index (χ1n) is 7.19. The van der Waals surface area contributed by atoms with Crippen molar-refractivity contribution < 1.29 is 13.3 Å². The molecule has 0 radical (unpaired) electrons. The van der Waals surface area contributed by atoms with Crippen molar-refractivity contribution in [3.8, 4) is 0 Å². The van der Waals surface area contributed by atoms with E-state index >= 15 is 0 Å². The normalized spacial score (nSPS) is 22.9. The lowest BCUT2D eigenvalue weighted by Crippen LogP contribution is -2.46. The van der Waals surface area contributed by atoms with Crippen LogP contribution in [0, 0.1) is 10.1 Å². The van der Waals surface area contributed by atoms with Crippen LogP contribution in [0.15, 0.2) is 29.2 Å². The number of nitrogens with zero attached hydrogens (tertiary/aromatic N) is 1. The topological polar surface area (TPSA) is 89.3 Å². The molecular formula is C14H20N2O4S. The highest BCUT2D eigenvalue weighted by molar-refractivity contribution is 7.92. The van der Waals surface area contributed by atoms with E-state index in [0.29, 0.717) is 13.0 Å². The van der Waals surface area contributed by atoms with E-state index in [4.69, 9.17) is 0 Å². The molecular weight excluding hydrogens is 292 g/mol. The molecule has 1 aromatic rings. The maximum Gasteiger partial charge on any atom is 0.287 e. The second kappa shape index (κ2) is 6.53. The highest BCUT2D eigenvalue weighted by Gasteiger charge is 2.39. The minimum Gasteiger partial charge on any atom is -0.313 e. The Bertz CT molecular complexity index is 613. The Labute approximate surface area is 124 Å². The molecule has 1 saturated carbocycles. The lowest BCUT2D eigenvalue weighted by Gasteiger charge is -2.31. The fourth-order valence-corrected chi connectivity index (χ4v) is 5.15. The van der Waals surface area contributed by atoms with Gasteiger partial charge in [0.25, 0.3) is 5.69 Å². The number of nitrogens with one attached hydrogen (secondary N) is 1. The van der Waals surface area contributed by atoms with Crippen molar-refractivity contribution in [1.29, 1.82) is 0 Å². The van der Waals surface area contributed by atoms with Crippen LogP contribution < -0.4 is 5.32 Å². The number of hydrogen-bond acceptors (Lipinski definition) is 5. The van der Waals surface area contributed by atoms with Crippen LogP contribution >= 0.6 is 0 Å². The van der Waals surface area contributed by atoms with Crippen LogP contribution in [0.1, 0.15) is 32.6 Å². The maximum absolute atomic E-state index is 12.9. The van der Waals surface area contributed by atoms with Crippen LogP contribution in [0.4, 0.5) is 5.69 Å². The smallest absolute Gasteiger partial charge is 0.287 e. The monoisotopic (exact) mass is 312 g/mol. The fourth-order valence-electron chi connectivity index (χ4n) is 2.98. The summed E-state index contributed by atoms with van der Waals surface area (Å²) in [4.78, 5) is 10.3. The van der Waals surface area contributed by atoms with Gasteiger partial charge in [-0.15, -0.1) is 0 Å². The molecule has 2 unspecified atom stereocenters. The van der Waals surface area contributed by atoms with Crippen molar-refractivity contribution in [1.82, 2.24) is 5.32 Å². The summed E-state index contributed by atoms with van der Waals surface area (Å²) < 4.78 is 25.7. The number of nitro benzene ring substituents is 1. The van der Waals surface area contributed by atoms with Crippen LogP contribution in [-0.2, 0) is 9.84 Å². The first kappa shape index (κ1) is 15.9. The van der Waals surface area contributed by atoms with Gasteiger partial charge in [-0.1, -0.05) is 31.9 Å². The summed E-state index contributed by atoms with van der Waals surface area (Å²) >= 11 is 0. The van der Waals surface area contributed by atoms with Gasteiger partial charge in [0.15, 0.2) is 9.84 Å². The minimum absolute atomic E-state index is 0.131. The molecule has 6 nitrogen and oxygen atoms in total. The highest BCUT2D eigenvalue weighted by Crippen LogP contribution is 2.33. The molecule has 7 heteroatoms. The largest absolute Gasteiger partial charge is 0.313 e. The minimum atomic E-state index is -3.71. The van der Waals surface area contributed by atoms with Crippen LogP contribution in [0.2, 0.25) is 0 Å². The van der Waals surface area contributed by atoms with Gasteiger partial charge in [0.05, 0.1) is 10.2 Å². The third-order valence-corrected chi connectivity index (χ3v) is 6.26. The SMILES string of the molecule is CCNC1CCCCC1S(=O)(=O)c1ccccc1[N+](=O)[O-]. The van der Waals surface area contributed by atoms with Gasteiger partial charge < -0.3 is 5.32 Å². The Morgan fingerprint density at radius 3 is 2.62 bits per heavy atom. The molecule has 2 atom stereocenters. The van der Waals surface area contributed by atoms with Gasteiger partial charge in [-0.2, -0.15) is 0 Å². The lowest BCUT2D eigenvalue weighted by atomic mass is 9.95. The van der Waals surface area contributed by atoms with Gasteiger partial charge in [0.2, 0.25) is 0 Å². The van der Waals surface area contributed by atoms with E-state index in [1.165, 1.54) is 24.3 Å². The molecule has 0 aliphatic heterocycles. The van der Waals surface area contributed by atoms with Crippen LogP contribution in [0.3, 0.4) is 0 Å². The van der Waals surface area contributed by atoms with Crippen LogP contribution in [-0.4, -0.2) is 31.2 Å². The van der Waals surface area contributed by atoms with Crippen molar-refractivity contribution in [2.75, 3.05) is 6.54 Å². The van der Waals surface area contributed by atoms with Gasteiger partial charge in [-0.05, 0) is 25.5 Å². The molecule has 1 aliphatic rings. The lowest BCUT2D eigenvalue weighted by molar-refractivity contribution is -0.387. The Hall–Kier alpha value is -1.47. The fraction of sp³-hybridized carbons (Fsp3) is 0.571. The number of nitro groups is 1. The molecule has 1 aliphatic carbocycles. The predicted molar refractivity (Wildman–Crippen MR) is 80.0 cm³/mol. The second-order valence-electron chi connectivity index (χ2n) is 5.26. The van der Waals surface area contributed by atoms with E-state index in [9.17, 15) is 18.5 Å². The maximum atomic E-state index is 12.9. The Kier molecular flexibility index (Phi) is 4.95. The van der Waals surface area contributed by atoms with E-state index in [0.717, 1.165) is 19.3 Å². The van der Waals surface area contributed by atoms with Crippen LogP contribution in [0.5, 0.6) is 0 Å². The molecule has 0 spiro atoms. The van der Waals surface area contributed by atoms with Crippen molar-refractivity contribution in [3.05, 3.63) is 34.4 Å². The average Bonchev–Trinajstić information content (AvgIpc) is 2.48. The molecule has 21 heavy (non-hydrogen) atoms. The molecule has 0 aromatic heterocycles. The molecule has 1 fully saturated rings. The summed E-state index contributed by atoms with van der Waals surface area (Å²) in [6.07, 6.45) is 3.16. The highest BCUT2D eigenvalue weighted by atomic mass is 32.2. The van der Waals surface area contributed by atoms with E-state index in [2.05, 4.69) is 5.32 Å². The standard InChI is InChI=1S/C14H20N2O4S/c1-2-15-11-7-3-5-9-13(11)21(19,20)14-10-6-4-8-12(14)16(17)18/h4,6,8,10-11,13,15H,2-3,5,7,9H2,1H3. The third-order valence-electron chi connectivity index (χ3n) is 3.94. The van der Waals surface area contributed by atoms with E-state index in [1.807, 2.05) is 6.92 Å². The van der Waals surface area contributed by atoms with E-state index in [1.54, 1.807) is 0 Å².